The molecule has 2 amide bonds. The number of hydrogen-bond donors (Lipinski definition) is 2. The first-order valence-corrected chi connectivity index (χ1v) is 12.8. The molecule has 0 aromatic heterocycles. The fraction of sp³-hybridized carbons (Fsp3) is 0.481. The fourth-order valence-corrected chi connectivity index (χ4v) is 3.92. The molecular weight excluding hydrogens is 487 g/mol. The van der Waals surface area contributed by atoms with Crippen LogP contribution in [0.1, 0.15) is 57.1 Å². The van der Waals surface area contributed by atoms with Gasteiger partial charge in [-0.1, -0.05) is 42.5 Å². The number of benzene rings is 2. The number of ether oxygens (including phenoxy) is 2. The van der Waals surface area contributed by atoms with Crippen molar-refractivity contribution in [1.29, 1.82) is 0 Å². The Morgan fingerprint density at radius 3 is 1.46 bits per heavy atom. The summed E-state index contributed by atoms with van der Waals surface area (Å²) in [4.78, 5) is 24.5. The number of hydrogen-bond acceptors (Lipinski definition) is 4. The second-order valence-electron chi connectivity index (χ2n) is 8.69. The maximum atomic E-state index is 12.2. The molecule has 35 heavy (non-hydrogen) atoms. The van der Waals surface area contributed by atoms with E-state index >= 15 is 0 Å². The van der Waals surface area contributed by atoms with Crippen LogP contribution in [0.4, 0.5) is 0 Å². The van der Waals surface area contributed by atoms with Crippen LogP contribution in [0.2, 0.25) is 10.0 Å². The van der Waals surface area contributed by atoms with E-state index in [2.05, 4.69) is 10.6 Å². The topological polar surface area (TPSA) is 76.7 Å². The van der Waals surface area contributed by atoms with Crippen molar-refractivity contribution >= 4 is 35.0 Å². The van der Waals surface area contributed by atoms with E-state index in [1.165, 1.54) is 0 Å². The van der Waals surface area contributed by atoms with E-state index in [0.29, 0.717) is 34.6 Å². The molecule has 0 aliphatic rings. The van der Waals surface area contributed by atoms with Gasteiger partial charge < -0.3 is 20.1 Å². The molecule has 2 unspecified atom stereocenters. The van der Waals surface area contributed by atoms with Crippen LogP contribution in [0.3, 0.4) is 0 Å². The number of amides is 2. The third-order valence-electron chi connectivity index (χ3n) is 5.57. The molecule has 0 saturated heterocycles. The average molecular weight is 524 g/mol. The molecule has 8 heteroatoms. The lowest BCUT2D eigenvalue weighted by Gasteiger charge is -2.16. The monoisotopic (exact) mass is 522 g/mol. The molecule has 2 rings (SSSR count). The third-order valence-corrected chi connectivity index (χ3v) is 6.04. The van der Waals surface area contributed by atoms with Crippen molar-refractivity contribution < 1.29 is 19.1 Å². The third kappa shape index (κ3) is 10.4. The molecule has 0 aliphatic heterocycles. The van der Waals surface area contributed by atoms with E-state index in [9.17, 15) is 9.59 Å². The van der Waals surface area contributed by atoms with Gasteiger partial charge in [0.2, 0.25) is 0 Å². The van der Waals surface area contributed by atoms with E-state index in [1.54, 1.807) is 38.1 Å². The molecule has 0 saturated carbocycles. The lowest BCUT2D eigenvalue weighted by atomic mass is 10.1. The maximum absolute atomic E-state index is 12.2. The Labute approximate surface area is 218 Å². The first-order valence-electron chi connectivity index (χ1n) is 12.1. The number of rotatable bonds is 14. The smallest absolute Gasteiger partial charge is 0.260 e. The van der Waals surface area contributed by atoms with Crippen molar-refractivity contribution in [2.75, 3.05) is 13.1 Å². The number of aryl methyl sites for hydroxylation is 2. The summed E-state index contributed by atoms with van der Waals surface area (Å²) >= 11 is 11.9. The summed E-state index contributed by atoms with van der Waals surface area (Å²) in [6, 6.07) is 10.7. The van der Waals surface area contributed by atoms with Crippen molar-refractivity contribution in [3.05, 3.63) is 57.6 Å². The highest BCUT2D eigenvalue weighted by Gasteiger charge is 2.16. The van der Waals surface area contributed by atoms with Crippen molar-refractivity contribution in [1.82, 2.24) is 10.6 Å². The Morgan fingerprint density at radius 1 is 0.714 bits per heavy atom. The molecule has 6 nitrogen and oxygen atoms in total. The highest BCUT2D eigenvalue weighted by molar-refractivity contribution is 6.31. The second kappa shape index (κ2) is 14.8. The largest absolute Gasteiger partial charge is 0.481 e. The van der Waals surface area contributed by atoms with Crippen LogP contribution >= 0.6 is 23.2 Å². The number of carbonyl (C=O) groups excluding carboxylic acids is 2. The van der Waals surface area contributed by atoms with Gasteiger partial charge in [0.25, 0.3) is 11.8 Å². The van der Waals surface area contributed by atoms with E-state index in [0.717, 1.165) is 43.2 Å². The average Bonchev–Trinajstić information content (AvgIpc) is 2.81. The molecule has 0 radical (unpaired) electrons. The van der Waals surface area contributed by atoms with Crippen LogP contribution in [-0.2, 0) is 9.59 Å². The number of nitrogens with one attached hydrogen (secondary N) is 2. The Kier molecular flexibility index (Phi) is 12.2. The fourth-order valence-electron chi connectivity index (χ4n) is 3.47. The molecule has 2 aromatic rings. The van der Waals surface area contributed by atoms with Crippen molar-refractivity contribution in [3.63, 3.8) is 0 Å². The van der Waals surface area contributed by atoms with Gasteiger partial charge >= 0.3 is 0 Å². The van der Waals surface area contributed by atoms with Crippen LogP contribution in [-0.4, -0.2) is 37.1 Å². The Balaban J connectivity index is 1.51. The number of halogens is 2. The first kappa shape index (κ1) is 28.8. The van der Waals surface area contributed by atoms with Crippen LogP contribution in [0.15, 0.2) is 36.4 Å². The molecular formula is C27H36Cl2N2O4. The Morgan fingerprint density at radius 2 is 1.09 bits per heavy atom. The molecule has 2 aromatic carbocycles. The molecule has 0 bridgehead atoms. The minimum atomic E-state index is -0.575. The summed E-state index contributed by atoms with van der Waals surface area (Å²) in [6.45, 7) is 8.49. The van der Waals surface area contributed by atoms with Crippen LogP contribution < -0.4 is 20.1 Å². The molecule has 0 spiro atoms. The van der Waals surface area contributed by atoms with E-state index < -0.39 is 12.2 Å². The maximum Gasteiger partial charge on any atom is 0.260 e. The first-order chi connectivity index (χ1) is 16.7. The summed E-state index contributed by atoms with van der Waals surface area (Å²) in [6.07, 6.45) is 3.70. The SMILES string of the molecule is Cc1cc(Cl)ccc1OC(C)C(=O)NCCCCCCCNC(=O)C(C)Oc1ccc(Cl)cc1C. The summed E-state index contributed by atoms with van der Waals surface area (Å²) < 4.78 is 11.5. The predicted octanol–water partition coefficient (Wildman–Crippen LogP) is 6.03. The molecule has 0 heterocycles. The van der Waals surface area contributed by atoms with Crippen molar-refractivity contribution in [2.45, 2.75) is 72.0 Å². The summed E-state index contributed by atoms with van der Waals surface area (Å²) in [5.41, 5.74) is 1.79. The van der Waals surface area contributed by atoms with E-state index in [-0.39, 0.29) is 11.8 Å². The van der Waals surface area contributed by atoms with Crippen LogP contribution in [0, 0.1) is 13.8 Å². The molecule has 0 aliphatic carbocycles. The van der Waals surface area contributed by atoms with Gasteiger partial charge in [-0.3, -0.25) is 9.59 Å². The van der Waals surface area contributed by atoms with Crippen molar-refractivity contribution in [3.8, 4) is 11.5 Å². The summed E-state index contributed by atoms with van der Waals surface area (Å²) in [7, 11) is 0. The molecule has 192 valence electrons. The highest BCUT2D eigenvalue weighted by Crippen LogP contribution is 2.23. The van der Waals surface area contributed by atoms with Gasteiger partial charge in [-0.25, -0.2) is 0 Å². The number of carbonyl (C=O) groups is 2. The highest BCUT2D eigenvalue weighted by atomic mass is 35.5. The summed E-state index contributed by atoms with van der Waals surface area (Å²) in [5.74, 6) is 1.05. The predicted molar refractivity (Wildman–Crippen MR) is 142 cm³/mol. The zero-order valence-electron chi connectivity index (χ0n) is 21.0. The van der Waals surface area contributed by atoms with Gasteiger partial charge in [-0.05, 0) is 88.1 Å². The summed E-state index contributed by atoms with van der Waals surface area (Å²) in [5, 5.41) is 7.13. The lowest BCUT2D eigenvalue weighted by molar-refractivity contribution is -0.127. The Hall–Kier alpha value is -2.44. The molecule has 0 fully saturated rings. The molecule has 2 atom stereocenters. The van der Waals surface area contributed by atoms with Crippen molar-refractivity contribution in [2.24, 2.45) is 0 Å². The minimum Gasteiger partial charge on any atom is -0.481 e. The standard InChI is InChI=1S/C27H36Cl2N2O4/c1-18-16-22(28)10-12-24(18)34-20(3)26(32)30-14-8-6-5-7-9-15-31-27(33)21(4)35-25-13-11-23(29)17-19(25)2/h10-13,16-17,20-21H,5-9,14-15H2,1-4H3,(H,30,32)(H,31,33). The van der Waals surface area contributed by atoms with Gasteiger partial charge in [-0.15, -0.1) is 0 Å². The van der Waals surface area contributed by atoms with Gasteiger partial charge in [0, 0.05) is 23.1 Å². The lowest BCUT2D eigenvalue weighted by Crippen LogP contribution is -2.37. The zero-order chi connectivity index (χ0) is 25.8. The van der Waals surface area contributed by atoms with Gasteiger partial charge in [0.1, 0.15) is 11.5 Å². The minimum absolute atomic E-state index is 0.132. The van der Waals surface area contributed by atoms with Gasteiger partial charge in [0.15, 0.2) is 12.2 Å². The normalized spacial score (nSPS) is 12.5. The Bertz CT molecular complexity index is 906. The zero-order valence-corrected chi connectivity index (χ0v) is 22.5. The van der Waals surface area contributed by atoms with Crippen LogP contribution in [0.25, 0.3) is 0 Å². The molecule has 2 N–H and O–H groups in total. The quantitative estimate of drug-likeness (QED) is 0.297. The van der Waals surface area contributed by atoms with Crippen LogP contribution in [0.5, 0.6) is 11.5 Å². The van der Waals surface area contributed by atoms with Gasteiger partial charge in [-0.2, -0.15) is 0 Å². The van der Waals surface area contributed by atoms with Gasteiger partial charge in [0.05, 0.1) is 0 Å². The number of unbranched alkanes of at least 4 members (excludes halogenated alkanes) is 4. The van der Waals surface area contributed by atoms with E-state index in [1.807, 2.05) is 26.0 Å². The second-order valence-corrected chi connectivity index (χ2v) is 9.56. The van der Waals surface area contributed by atoms with E-state index in [4.69, 9.17) is 32.7 Å².